The molecule has 0 saturated heterocycles. The van der Waals surface area contributed by atoms with E-state index in [9.17, 15) is 0 Å². The summed E-state index contributed by atoms with van der Waals surface area (Å²) in [4.78, 5) is 4.28. The highest BCUT2D eigenvalue weighted by Gasteiger charge is 2.22. The zero-order valence-corrected chi connectivity index (χ0v) is 15.4. The summed E-state index contributed by atoms with van der Waals surface area (Å²) in [6.07, 6.45) is 1.02. The molecule has 0 bridgehead atoms. The number of nitrogens with one attached hydrogen (secondary N) is 2. The first kappa shape index (κ1) is 17.9. The summed E-state index contributed by atoms with van der Waals surface area (Å²) in [6.45, 7) is 1.28. The minimum Gasteiger partial charge on any atom is -0.497 e. The molecule has 138 valence electrons. The standard InChI is InChI=1S/C20H25N3O3/c1-21-20(22-12-15-8-9-16(24-2)11-19(15)25-3)23-13-17-10-14-6-4-5-7-18(14)26-17/h4-9,11,17H,10,12-13H2,1-3H3,(H2,21,22,23). The molecule has 1 aliphatic rings. The summed E-state index contributed by atoms with van der Waals surface area (Å²) in [5.41, 5.74) is 2.28. The van der Waals surface area contributed by atoms with Gasteiger partial charge in [0.25, 0.3) is 0 Å². The van der Waals surface area contributed by atoms with E-state index >= 15 is 0 Å². The zero-order chi connectivity index (χ0) is 18.4. The molecule has 2 aromatic rings. The van der Waals surface area contributed by atoms with Gasteiger partial charge in [-0.25, -0.2) is 0 Å². The van der Waals surface area contributed by atoms with E-state index in [2.05, 4.69) is 21.7 Å². The van der Waals surface area contributed by atoms with E-state index in [4.69, 9.17) is 14.2 Å². The Balaban J connectivity index is 1.51. The molecule has 6 nitrogen and oxygen atoms in total. The highest BCUT2D eigenvalue weighted by atomic mass is 16.5. The Morgan fingerprint density at radius 3 is 2.73 bits per heavy atom. The van der Waals surface area contributed by atoms with Gasteiger partial charge in [-0.1, -0.05) is 18.2 Å². The summed E-state index contributed by atoms with van der Waals surface area (Å²) < 4.78 is 16.6. The Bertz CT molecular complexity index is 752. The molecule has 0 aliphatic carbocycles. The molecule has 1 atom stereocenters. The van der Waals surface area contributed by atoms with E-state index in [1.165, 1.54) is 5.56 Å². The number of guanidine groups is 1. The third-order valence-corrected chi connectivity index (χ3v) is 4.38. The van der Waals surface area contributed by atoms with Crippen molar-refractivity contribution < 1.29 is 14.2 Å². The maximum Gasteiger partial charge on any atom is 0.191 e. The second-order valence-corrected chi connectivity index (χ2v) is 6.04. The van der Waals surface area contributed by atoms with Crippen molar-refractivity contribution in [2.24, 2.45) is 4.99 Å². The van der Waals surface area contributed by atoms with Gasteiger partial charge in [-0.05, 0) is 23.8 Å². The van der Waals surface area contributed by atoms with Gasteiger partial charge in [-0.15, -0.1) is 0 Å². The second kappa shape index (κ2) is 8.47. The summed E-state index contributed by atoms with van der Waals surface area (Å²) >= 11 is 0. The topological polar surface area (TPSA) is 64.1 Å². The lowest BCUT2D eigenvalue weighted by atomic mass is 10.1. The van der Waals surface area contributed by atoms with Crippen molar-refractivity contribution in [1.82, 2.24) is 10.6 Å². The van der Waals surface area contributed by atoms with Gasteiger partial charge in [0.15, 0.2) is 5.96 Å². The van der Waals surface area contributed by atoms with Crippen LogP contribution < -0.4 is 24.8 Å². The molecule has 0 fully saturated rings. The molecule has 6 heteroatoms. The third-order valence-electron chi connectivity index (χ3n) is 4.38. The number of ether oxygens (including phenoxy) is 3. The monoisotopic (exact) mass is 355 g/mol. The maximum absolute atomic E-state index is 5.95. The number of hydrogen-bond donors (Lipinski definition) is 2. The van der Waals surface area contributed by atoms with Crippen LogP contribution in [0.1, 0.15) is 11.1 Å². The van der Waals surface area contributed by atoms with Gasteiger partial charge in [-0.2, -0.15) is 0 Å². The van der Waals surface area contributed by atoms with E-state index in [-0.39, 0.29) is 6.10 Å². The molecular weight excluding hydrogens is 330 g/mol. The van der Waals surface area contributed by atoms with Crippen LogP contribution in [0.3, 0.4) is 0 Å². The fourth-order valence-electron chi connectivity index (χ4n) is 2.98. The lowest BCUT2D eigenvalue weighted by molar-refractivity contribution is 0.235. The molecule has 1 aliphatic heterocycles. The molecule has 1 unspecified atom stereocenters. The van der Waals surface area contributed by atoms with Crippen LogP contribution in [0, 0.1) is 0 Å². The maximum atomic E-state index is 5.95. The predicted octanol–water partition coefficient (Wildman–Crippen LogP) is 2.37. The van der Waals surface area contributed by atoms with E-state index < -0.39 is 0 Å². The van der Waals surface area contributed by atoms with Gasteiger partial charge in [0, 0.05) is 31.6 Å². The molecule has 2 aromatic carbocycles. The van der Waals surface area contributed by atoms with Crippen LogP contribution >= 0.6 is 0 Å². The van der Waals surface area contributed by atoms with Gasteiger partial charge in [0.05, 0.1) is 20.8 Å². The van der Waals surface area contributed by atoms with Crippen molar-refractivity contribution in [3.05, 3.63) is 53.6 Å². The van der Waals surface area contributed by atoms with Crippen molar-refractivity contribution >= 4 is 5.96 Å². The Morgan fingerprint density at radius 2 is 2.00 bits per heavy atom. The third kappa shape index (κ3) is 4.20. The van der Waals surface area contributed by atoms with Crippen LogP contribution in [0.2, 0.25) is 0 Å². The van der Waals surface area contributed by atoms with Gasteiger partial charge in [-0.3, -0.25) is 4.99 Å². The van der Waals surface area contributed by atoms with Crippen LogP contribution in [-0.4, -0.2) is 39.9 Å². The van der Waals surface area contributed by atoms with Crippen molar-refractivity contribution in [3.63, 3.8) is 0 Å². The minimum absolute atomic E-state index is 0.112. The molecule has 26 heavy (non-hydrogen) atoms. The number of benzene rings is 2. The molecule has 0 aromatic heterocycles. The van der Waals surface area contributed by atoms with E-state index in [0.717, 1.165) is 35.2 Å². The number of rotatable bonds is 6. The highest BCUT2D eigenvalue weighted by molar-refractivity contribution is 5.79. The number of para-hydroxylation sites is 1. The molecule has 0 spiro atoms. The number of fused-ring (bicyclic) bond motifs is 1. The molecule has 1 heterocycles. The van der Waals surface area contributed by atoms with E-state index in [1.54, 1.807) is 21.3 Å². The lowest BCUT2D eigenvalue weighted by Gasteiger charge is -2.16. The first-order chi connectivity index (χ1) is 12.7. The predicted molar refractivity (Wildman–Crippen MR) is 102 cm³/mol. The Kier molecular flexibility index (Phi) is 5.84. The fraction of sp³-hybridized carbons (Fsp3) is 0.350. The molecule has 0 radical (unpaired) electrons. The minimum atomic E-state index is 0.112. The molecule has 3 rings (SSSR count). The van der Waals surface area contributed by atoms with Gasteiger partial charge >= 0.3 is 0 Å². The van der Waals surface area contributed by atoms with Gasteiger partial charge in [0.1, 0.15) is 23.4 Å². The highest BCUT2D eigenvalue weighted by Crippen LogP contribution is 2.27. The van der Waals surface area contributed by atoms with Crippen molar-refractivity contribution in [1.29, 1.82) is 0 Å². The molecular formula is C20H25N3O3. The lowest BCUT2D eigenvalue weighted by Crippen LogP contribution is -2.42. The normalized spacial score (nSPS) is 15.8. The average molecular weight is 355 g/mol. The fourth-order valence-corrected chi connectivity index (χ4v) is 2.98. The quantitative estimate of drug-likeness (QED) is 0.615. The molecule has 0 amide bonds. The summed E-state index contributed by atoms with van der Waals surface area (Å²) in [5.74, 6) is 3.25. The van der Waals surface area contributed by atoms with Crippen LogP contribution in [-0.2, 0) is 13.0 Å². The van der Waals surface area contributed by atoms with Crippen LogP contribution in [0.25, 0.3) is 0 Å². The first-order valence-electron chi connectivity index (χ1n) is 8.63. The average Bonchev–Trinajstić information content (AvgIpc) is 3.11. The van der Waals surface area contributed by atoms with E-state index in [0.29, 0.717) is 13.1 Å². The summed E-state index contributed by atoms with van der Waals surface area (Å²) in [5, 5.41) is 6.63. The summed E-state index contributed by atoms with van der Waals surface area (Å²) in [7, 11) is 5.05. The van der Waals surface area contributed by atoms with Gasteiger partial charge in [0.2, 0.25) is 0 Å². The van der Waals surface area contributed by atoms with Crippen LogP contribution in [0.15, 0.2) is 47.5 Å². The number of aliphatic imine (C=N–C) groups is 1. The Morgan fingerprint density at radius 1 is 1.15 bits per heavy atom. The second-order valence-electron chi connectivity index (χ2n) is 6.04. The SMILES string of the molecule is CN=C(NCc1ccc(OC)cc1OC)NCC1Cc2ccccc2O1. The van der Waals surface area contributed by atoms with E-state index in [1.807, 2.05) is 36.4 Å². The molecule has 2 N–H and O–H groups in total. The number of methoxy groups -OCH3 is 2. The van der Waals surface area contributed by atoms with Crippen LogP contribution in [0.5, 0.6) is 17.2 Å². The van der Waals surface area contributed by atoms with Crippen molar-refractivity contribution in [3.8, 4) is 17.2 Å². The number of hydrogen-bond acceptors (Lipinski definition) is 4. The van der Waals surface area contributed by atoms with Gasteiger partial charge < -0.3 is 24.8 Å². The largest absolute Gasteiger partial charge is 0.497 e. The van der Waals surface area contributed by atoms with Crippen molar-refractivity contribution in [2.45, 2.75) is 19.1 Å². The first-order valence-corrected chi connectivity index (χ1v) is 8.63. The molecule has 0 saturated carbocycles. The van der Waals surface area contributed by atoms with Crippen LogP contribution in [0.4, 0.5) is 0 Å². The smallest absolute Gasteiger partial charge is 0.191 e. The summed E-state index contributed by atoms with van der Waals surface area (Å²) in [6, 6.07) is 13.9. The Hall–Kier alpha value is -2.89. The van der Waals surface area contributed by atoms with Crippen molar-refractivity contribution in [2.75, 3.05) is 27.8 Å². The Labute approximate surface area is 154 Å². The zero-order valence-electron chi connectivity index (χ0n) is 15.4. The number of nitrogens with zero attached hydrogens (tertiary/aromatic N) is 1.